The average molecular weight is 180 g/mol. The molecule has 0 unspecified atom stereocenters. The molecule has 0 aliphatic heterocycles. The maximum Gasteiger partial charge on any atom is 0.330 e. The van der Waals surface area contributed by atoms with Gasteiger partial charge in [0.05, 0.1) is 0 Å². The first-order chi connectivity index (χ1) is 6.14. The Morgan fingerprint density at radius 3 is 2.23 bits per heavy atom. The summed E-state index contributed by atoms with van der Waals surface area (Å²) in [5.41, 5.74) is -0.307. The fourth-order valence-electron chi connectivity index (χ4n) is 0.856. The first-order valence-electron chi connectivity index (χ1n) is 4.20. The number of esters is 1. The molecule has 0 rings (SSSR count). The van der Waals surface area contributed by atoms with Crippen LogP contribution in [0.1, 0.15) is 13.3 Å². The van der Waals surface area contributed by atoms with Crippen molar-refractivity contribution in [2.24, 2.45) is 5.41 Å². The summed E-state index contributed by atoms with van der Waals surface area (Å²) in [5.74, 6) is -0.415. The molecule has 0 aromatic rings. The van der Waals surface area contributed by atoms with Crippen molar-refractivity contribution in [3.8, 4) is 0 Å². The highest BCUT2D eigenvalue weighted by Gasteiger charge is 2.21. The molecular formula is C11H16O2. The van der Waals surface area contributed by atoms with E-state index in [-0.39, 0.29) is 12.0 Å². The third-order valence-electron chi connectivity index (χ3n) is 2.12. The minimum absolute atomic E-state index is 0.279. The van der Waals surface area contributed by atoms with Gasteiger partial charge in [-0.15, -0.1) is 13.2 Å². The van der Waals surface area contributed by atoms with E-state index in [0.717, 1.165) is 12.5 Å². The van der Waals surface area contributed by atoms with E-state index in [4.69, 9.17) is 4.74 Å². The minimum atomic E-state index is -0.415. The van der Waals surface area contributed by atoms with E-state index in [1.807, 2.05) is 6.92 Å². The van der Waals surface area contributed by atoms with Crippen LogP contribution >= 0.6 is 0 Å². The summed E-state index contributed by atoms with van der Waals surface area (Å²) in [7, 11) is 0. The molecule has 0 atom stereocenters. The molecule has 0 fully saturated rings. The minimum Gasteiger partial charge on any atom is -0.461 e. The topological polar surface area (TPSA) is 26.3 Å². The quantitative estimate of drug-likeness (QED) is 0.356. The Hall–Kier alpha value is -1.31. The van der Waals surface area contributed by atoms with Crippen LogP contribution in [-0.2, 0) is 9.53 Å². The van der Waals surface area contributed by atoms with Gasteiger partial charge in [0.25, 0.3) is 0 Å². The van der Waals surface area contributed by atoms with Gasteiger partial charge in [-0.1, -0.05) is 25.7 Å². The van der Waals surface area contributed by atoms with E-state index in [0.29, 0.717) is 0 Å². The maximum absolute atomic E-state index is 10.8. The van der Waals surface area contributed by atoms with Crippen molar-refractivity contribution in [1.82, 2.24) is 0 Å². The van der Waals surface area contributed by atoms with Crippen molar-refractivity contribution in [2.45, 2.75) is 13.3 Å². The molecule has 0 aliphatic rings. The predicted octanol–water partition coefficient (Wildman–Crippen LogP) is 2.48. The van der Waals surface area contributed by atoms with E-state index in [1.54, 1.807) is 12.2 Å². The van der Waals surface area contributed by atoms with E-state index >= 15 is 0 Å². The number of carbonyl (C=O) groups excluding carboxylic acids is 1. The fraction of sp³-hybridized carbons (Fsp3) is 0.364. The number of carbonyl (C=O) groups is 1. The van der Waals surface area contributed by atoms with Gasteiger partial charge in [0, 0.05) is 11.5 Å². The lowest BCUT2D eigenvalue weighted by molar-refractivity contribution is -0.139. The highest BCUT2D eigenvalue weighted by atomic mass is 16.5. The number of ether oxygens (including phenoxy) is 1. The van der Waals surface area contributed by atoms with E-state index < -0.39 is 5.97 Å². The Labute approximate surface area is 79.6 Å². The molecule has 0 aliphatic carbocycles. The Kier molecular flexibility index (Phi) is 4.82. The first-order valence-corrected chi connectivity index (χ1v) is 4.20. The molecule has 0 saturated carbocycles. The smallest absolute Gasteiger partial charge is 0.330 e. The van der Waals surface area contributed by atoms with Gasteiger partial charge in [-0.05, 0) is 6.42 Å². The molecule has 0 bridgehead atoms. The molecule has 0 N–H and O–H groups in total. The lowest BCUT2D eigenvalue weighted by Gasteiger charge is -2.23. The van der Waals surface area contributed by atoms with Crippen molar-refractivity contribution in [3.05, 3.63) is 38.0 Å². The maximum atomic E-state index is 10.8. The standard InChI is InChI=1S/C11H16O2/c1-5-10(12)13-9-11(6-2,7-3)8-4/h5-7H,1-3,8-9H2,4H3. The van der Waals surface area contributed by atoms with Crippen molar-refractivity contribution in [3.63, 3.8) is 0 Å². The van der Waals surface area contributed by atoms with E-state index in [1.165, 1.54) is 0 Å². The van der Waals surface area contributed by atoms with Crippen LogP contribution in [-0.4, -0.2) is 12.6 Å². The number of rotatable bonds is 6. The lowest BCUT2D eigenvalue weighted by Crippen LogP contribution is -2.22. The van der Waals surface area contributed by atoms with Crippen molar-refractivity contribution < 1.29 is 9.53 Å². The highest BCUT2D eigenvalue weighted by Crippen LogP contribution is 2.24. The van der Waals surface area contributed by atoms with Crippen LogP contribution in [0.15, 0.2) is 38.0 Å². The summed E-state index contributed by atoms with van der Waals surface area (Å²) >= 11 is 0. The Morgan fingerprint density at radius 1 is 1.38 bits per heavy atom. The molecule has 13 heavy (non-hydrogen) atoms. The van der Waals surface area contributed by atoms with Crippen LogP contribution in [0.4, 0.5) is 0 Å². The molecule has 0 heterocycles. The second-order valence-electron chi connectivity index (χ2n) is 2.81. The van der Waals surface area contributed by atoms with Gasteiger partial charge in [0.15, 0.2) is 0 Å². The molecule has 0 amide bonds. The Bertz CT molecular complexity index is 208. The third-order valence-corrected chi connectivity index (χ3v) is 2.12. The van der Waals surface area contributed by atoms with Crippen molar-refractivity contribution in [2.75, 3.05) is 6.61 Å². The molecular weight excluding hydrogens is 164 g/mol. The van der Waals surface area contributed by atoms with Crippen LogP contribution in [0.5, 0.6) is 0 Å². The fourth-order valence-corrected chi connectivity index (χ4v) is 0.856. The Balaban J connectivity index is 4.26. The normalized spacial score (nSPS) is 10.2. The first kappa shape index (κ1) is 11.7. The molecule has 0 aromatic carbocycles. The second kappa shape index (κ2) is 5.36. The summed E-state index contributed by atoms with van der Waals surface area (Å²) in [5, 5.41) is 0. The van der Waals surface area contributed by atoms with Crippen LogP contribution in [0.2, 0.25) is 0 Å². The van der Waals surface area contributed by atoms with Crippen LogP contribution in [0.3, 0.4) is 0 Å². The SMILES string of the molecule is C=CC(=O)OCC(C=C)(C=C)CC. The van der Waals surface area contributed by atoms with Crippen LogP contribution < -0.4 is 0 Å². The monoisotopic (exact) mass is 180 g/mol. The molecule has 72 valence electrons. The zero-order chi connectivity index (χ0) is 10.3. The van der Waals surface area contributed by atoms with E-state index in [9.17, 15) is 4.79 Å². The van der Waals surface area contributed by atoms with Gasteiger partial charge in [-0.2, -0.15) is 0 Å². The summed E-state index contributed by atoms with van der Waals surface area (Å²) in [6.45, 7) is 13.0. The van der Waals surface area contributed by atoms with Gasteiger partial charge < -0.3 is 4.74 Å². The predicted molar refractivity (Wildman–Crippen MR) is 54.3 cm³/mol. The summed E-state index contributed by atoms with van der Waals surface area (Å²) in [4.78, 5) is 10.8. The highest BCUT2D eigenvalue weighted by molar-refractivity contribution is 5.81. The van der Waals surface area contributed by atoms with Crippen molar-refractivity contribution >= 4 is 5.97 Å². The lowest BCUT2D eigenvalue weighted by atomic mass is 9.86. The van der Waals surface area contributed by atoms with Gasteiger partial charge >= 0.3 is 5.97 Å². The van der Waals surface area contributed by atoms with Crippen LogP contribution in [0, 0.1) is 5.41 Å². The van der Waals surface area contributed by atoms with E-state index in [2.05, 4.69) is 19.7 Å². The molecule has 0 spiro atoms. The van der Waals surface area contributed by atoms with Gasteiger partial charge in [0.2, 0.25) is 0 Å². The third kappa shape index (κ3) is 3.28. The number of hydrogen-bond acceptors (Lipinski definition) is 2. The van der Waals surface area contributed by atoms with Crippen LogP contribution in [0.25, 0.3) is 0 Å². The van der Waals surface area contributed by atoms with Gasteiger partial charge in [-0.25, -0.2) is 4.79 Å². The summed E-state index contributed by atoms with van der Waals surface area (Å²) in [6, 6.07) is 0. The summed E-state index contributed by atoms with van der Waals surface area (Å²) in [6.07, 6.45) is 5.45. The largest absolute Gasteiger partial charge is 0.461 e. The number of hydrogen-bond donors (Lipinski definition) is 0. The van der Waals surface area contributed by atoms with Gasteiger partial charge in [-0.3, -0.25) is 0 Å². The summed E-state index contributed by atoms with van der Waals surface area (Å²) < 4.78 is 4.93. The zero-order valence-corrected chi connectivity index (χ0v) is 8.08. The molecule has 2 heteroatoms. The van der Waals surface area contributed by atoms with Gasteiger partial charge in [0.1, 0.15) is 6.61 Å². The zero-order valence-electron chi connectivity index (χ0n) is 8.08. The second-order valence-corrected chi connectivity index (χ2v) is 2.81. The molecule has 0 aromatic heterocycles. The van der Waals surface area contributed by atoms with Crippen molar-refractivity contribution in [1.29, 1.82) is 0 Å². The molecule has 2 nitrogen and oxygen atoms in total. The average Bonchev–Trinajstić information content (AvgIpc) is 2.20. The molecule has 0 radical (unpaired) electrons. The molecule has 0 saturated heterocycles. The Morgan fingerprint density at radius 2 is 1.92 bits per heavy atom.